The second-order valence-corrected chi connectivity index (χ2v) is 7.66. The molecule has 2 aliphatic heterocycles. The van der Waals surface area contributed by atoms with Crippen molar-refractivity contribution in [2.45, 2.75) is 13.0 Å². The number of hydrazone groups is 1. The lowest BCUT2D eigenvalue weighted by Crippen LogP contribution is -2.39. The number of carbonyl (C=O) groups excluding carboxylic acids is 2. The minimum atomic E-state index is -0.715. The molecule has 6 heteroatoms. The van der Waals surface area contributed by atoms with Crippen LogP contribution in [0.5, 0.6) is 5.75 Å². The van der Waals surface area contributed by atoms with Gasteiger partial charge >= 0.3 is 0 Å². The minimum absolute atomic E-state index is 0.258. The highest BCUT2D eigenvalue weighted by molar-refractivity contribution is 6.34. The van der Waals surface area contributed by atoms with E-state index in [1.165, 1.54) is 4.90 Å². The molecule has 0 radical (unpaired) electrons. The zero-order valence-electron chi connectivity index (χ0n) is 17.2. The smallest absolute Gasteiger partial charge is 0.259 e. The molecule has 154 valence electrons. The Morgan fingerprint density at radius 3 is 2.13 bits per heavy atom. The molecule has 0 aromatic heterocycles. The highest BCUT2D eigenvalue weighted by Crippen LogP contribution is 2.39. The molecule has 2 amide bonds. The molecular weight excluding hydrogens is 390 g/mol. The Morgan fingerprint density at radius 1 is 0.806 bits per heavy atom. The lowest BCUT2D eigenvalue weighted by molar-refractivity contribution is -0.121. The lowest BCUT2D eigenvalue weighted by atomic mass is 9.92. The van der Waals surface area contributed by atoms with E-state index < -0.39 is 12.0 Å². The maximum atomic E-state index is 13.5. The molecule has 0 unspecified atom stereocenters. The third-order valence-corrected chi connectivity index (χ3v) is 5.75. The first-order valence-corrected chi connectivity index (χ1v) is 10.1. The average Bonchev–Trinajstić information content (AvgIpc) is 3.32. The molecule has 31 heavy (non-hydrogen) atoms. The van der Waals surface area contributed by atoms with Crippen molar-refractivity contribution in [3.8, 4) is 5.75 Å². The number of fused-ring (bicyclic) bond motifs is 1. The highest BCUT2D eigenvalue weighted by Gasteiger charge is 2.57. The predicted molar refractivity (Wildman–Crippen MR) is 119 cm³/mol. The Hall–Kier alpha value is -3.93. The Bertz CT molecular complexity index is 1170. The number of aryl methyl sites for hydroxylation is 1. The molecule has 0 bridgehead atoms. The number of nitrogens with zero attached hydrogens (tertiary/aromatic N) is 3. The van der Waals surface area contributed by atoms with E-state index in [0.717, 1.165) is 16.8 Å². The van der Waals surface area contributed by atoms with Crippen molar-refractivity contribution in [2.75, 3.05) is 17.0 Å². The number of methoxy groups -OCH3 is 1. The second-order valence-electron chi connectivity index (χ2n) is 7.66. The summed E-state index contributed by atoms with van der Waals surface area (Å²) in [6, 6.07) is 23.6. The van der Waals surface area contributed by atoms with Gasteiger partial charge in [-0.1, -0.05) is 35.9 Å². The minimum Gasteiger partial charge on any atom is -0.497 e. The molecule has 2 aliphatic rings. The summed E-state index contributed by atoms with van der Waals surface area (Å²) in [4.78, 5) is 28.3. The molecule has 2 heterocycles. The fourth-order valence-corrected chi connectivity index (χ4v) is 4.16. The van der Waals surface area contributed by atoms with E-state index in [4.69, 9.17) is 9.84 Å². The standard InChI is InChI=1S/C25H21N3O3/c1-16-8-12-18(13-9-16)27-24(29)21-22(17-10-14-20(31-2)15-11-17)26-28(23(21)25(27)30)19-6-4-3-5-7-19/h3-15,21,23H,1-2H3/t21-,23+/m1/s1. The van der Waals surface area contributed by atoms with Crippen LogP contribution in [0.3, 0.4) is 0 Å². The Morgan fingerprint density at radius 2 is 1.48 bits per heavy atom. The highest BCUT2D eigenvalue weighted by atomic mass is 16.5. The normalized spacial score (nSPS) is 20.1. The van der Waals surface area contributed by atoms with Crippen LogP contribution < -0.4 is 14.6 Å². The zero-order valence-corrected chi connectivity index (χ0v) is 17.2. The van der Waals surface area contributed by atoms with Crippen LogP contribution in [0.2, 0.25) is 0 Å². The number of anilines is 2. The van der Waals surface area contributed by atoms with Gasteiger partial charge in [0.25, 0.3) is 5.91 Å². The van der Waals surface area contributed by atoms with Gasteiger partial charge in [0.2, 0.25) is 5.91 Å². The molecule has 1 fully saturated rings. The number of benzene rings is 3. The fraction of sp³-hybridized carbons (Fsp3) is 0.160. The summed E-state index contributed by atoms with van der Waals surface area (Å²) in [6.45, 7) is 1.97. The van der Waals surface area contributed by atoms with Crippen molar-refractivity contribution in [1.29, 1.82) is 0 Å². The van der Waals surface area contributed by atoms with Crippen molar-refractivity contribution in [1.82, 2.24) is 0 Å². The first-order chi connectivity index (χ1) is 15.1. The summed E-state index contributed by atoms with van der Waals surface area (Å²) in [6.07, 6.45) is 0. The third-order valence-electron chi connectivity index (χ3n) is 5.75. The maximum Gasteiger partial charge on any atom is 0.259 e. The van der Waals surface area contributed by atoms with Crippen LogP contribution in [0, 0.1) is 12.8 Å². The van der Waals surface area contributed by atoms with Gasteiger partial charge in [0.15, 0.2) is 0 Å². The molecular formula is C25H21N3O3. The topological polar surface area (TPSA) is 62.2 Å². The van der Waals surface area contributed by atoms with Crippen LogP contribution in [-0.2, 0) is 9.59 Å². The van der Waals surface area contributed by atoms with Crippen LogP contribution in [-0.4, -0.2) is 30.7 Å². The number of imide groups is 1. The molecule has 0 saturated carbocycles. The molecule has 3 aromatic carbocycles. The van der Waals surface area contributed by atoms with Crippen molar-refractivity contribution >= 4 is 28.9 Å². The van der Waals surface area contributed by atoms with E-state index in [1.807, 2.05) is 85.8 Å². The van der Waals surface area contributed by atoms with Gasteiger partial charge < -0.3 is 4.74 Å². The quantitative estimate of drug-likeness (QED) is 0.613. The summed E-state index contributed by atoms with van der Waals surface area (Å²) in [5.41, 5.74) is 3.80. The van der Waals surface area contributed by atoms with Gasteiger partial charge in [-0.05, 0) is 61.0 Å². The van der Waals surface area contributed by atoms with Crippen LogP contribution in [0.1, 0.15) is 11.1 Å². The van der Waals surface area contributed by atoms with Gasteiger partial charge in [-0.3, -0.25) is 14.6 Å². The number of ether oxygens (including phenoxy) is 1. The van der Waals surface area contributed by atoms with Gasteiger partial charge in [0, 0.05) is 0 Å². The molecule has 0 N–H and O–H groups in total. The second kappa shape index (κ2) is 7.40. The van der Waals surface area contributed by atoms with E-state index in [0.29, 0.717) is 17.1 Å². The van der Waals surface area contributed by atoms with Gasteiger partial charge in [-0.25, -0.2) is 4.90 Å². The summed E-state index contributed by atoms with van der Waals surface area (Å²) in [5, 5.41) is 6.43. The molecule has 6 nitrogen and oxygen atoms in total. The van der Waals surface area contributed by atoms with E-state index in [9.17, 15) is 9.59 Å². The summed E-state index contributed by atoms with van der Waals surface area (Å²) in [7, 11) is 1.61. The SMILES string of the molecule is COc1ccc(C2=NN(c3ccccc3)[C@@H]3C(=O)N(c4ccc(C)cc4)C(=O)[C@H]23)cc1. The Kier molecular flexibility index (Phi) is 4.55. The van der Waals surface area contributed by atoms with E-state index >= 15 is 0 Å². The van der Waals surface area contributed by atoms with Crippen molar-refractivity contribution in [3.05, 3.63) is 90.0 Å². The number of hydrogen-bond acceptors (Lipinski definition) is 5. The number of rotatable bonds is 4. The van der Waals surface area contributed by atoms with Gasteiger partial charge in [0.05, 0.1) is 24.2 Å². The molecule has 0 aliphatic carbocycles. The van der Waals surface area contributed by atoms with Crippen LogP contribution in [0.15, 0.2) is 84.0 Å². The fourth-order valence-electron chi connectivity index (χ4n) is 4.16. The lowest BCUT2D eigenvalue weighted by Gasteiger charge is -2.22. The summed E-state index contributed by atoms with van der Waals surface area (Å²) in [5.74, 6) is -0.488. The van der Waals surface area contributed by atoms with Crippen LogP contribution in [0.25, 0.3) is 0 Å². The molecule has 1 saturated heterocycles. The van der Waals surface area contributed by atoms with E-state index in [2.05, 4.69) is 0 Å². The number of carbonyl (C=O) groups is 2. The molecule has 2 atom stereocenters. The number of hydrogen-bond donors (Lipinski definition) is 0. The maximum absolute atomic E-state index is 13.5. The first kappa shape index (κ1) is 19.1. The zero-order chi connectivity index (χ0) is 21.5. The van der Waals surface area contributed by atoms with E-state index in [-0.39, 0.29) is 11.8 Å². The summed E-state index contributed by atoms with van der Waals surface area (Å²) < 4.78 is 5.25. The Labute approximate surface area is 180 Å². The number of para-hydroxylation sites is 1. The molecule has 5 rings (SSSR count). The monoisotopic (exact) mass is 411 g/mol. The van der Waals surface area contributed by atoms with Gasteiger partial charge in [-0.15, -0.1) is 0 Å². The molecule has 3 aromatic rings. The molecule has 0 spiro atoms. The van der Waals surface area contributed by atoms with Crippen molar-refractivity contribution in [2.24, 2.45) is 11.0 Å². The predicted octanol–water partition coefficient (Wildman–Crippen LogP) is 3.79. The first-order valence-electron chi connectivity index (χ1n) is 10.1. The van der Waals surface area contributed by atoms with Gasteiger partial charge in [-0.2, -0.15) is 5.10 Å². The third kappa shape index (κ3) is 3.08. The van der Waals surface area contributed by atoms with Crippen LogP contribution >= 0.6 is 0 Å². The van der Waals surface area contributed by atoms with Gasteiger partial charge in [0.1, 0.15) is 17.7 Å². The van der Waals surface area contributed by atoms with Crippen molar-refractivity contribution < 1.29 is 14.3 Å². The number of amides is 2. The van der Waals surface area contributed by atoms with E-state index in [1.54, 1.807) is 12.1 Å². The van der Waals surface area contributed by atoms with Crippen LogP contribution in [0.4, 0.5) is 11.4 Å². The Balaban J connectivity index is 1.61. The largest absolute Gasteiger partial charge is 0.497 e. The van der Waals surface area contributed by atoms with Crippen molar-refractivity contribution in [3.63, 3.8) is 0 Å². The average molecular weight is 411 g/mol. The summed E-state index contributed by atoms with van der Waals surface area (Å²) >= 11 is 0.